The second-order valence-electron chi connectivity index (χ2n) is 5.54. The standard InChI is InChI=1S/C15H25N3/c1-3-14(16)10-13-8-5-9-17-15(13)18(2)11-12-6-4-7-12/h5,8-9,12,14H,3-4,6-7,10-11,16H2,1-2H3. The van der Waals surface area contributed by atoms with Crippen molar-refractivity contribution in [3.05, 3.63) is 23.9 Å². The lowest BCUT2D eigenvalue weighted by Gasteiger charge is -2.31. The number of nitrogens with two attached hydrogens (primary N) is 1. The summed E-state index contributed by atoms with van der Waals surface area (Å²) in [5.74, 6) is 1.98. The molecule has 2 rings (SSSR count). The molecule has 0 radical (unpaired) electrons. The number of pyridine rings is 1. The summed E-state index contributed by atoms with van der Waals surface area (Å²) < 4.78 is 0. The molecule has 1 aliphatic rings. The van der Waals surface area contributed by atoms with Gasteiger partial charge in [-0.15, -0.1) is 0 Å². The first-order chi connectivity index (χ1) is 8.70. The fraction of sp³-hybridized carbons (Fsp3) is 0.667. The van der Waals surface area contributed by atoms with Gasteiger partial charge in [0, 0.05) is 25.8 Å². The zero-order chi connectivity index (χ0) is 13.0. The number of aromatic nitrogens is 1. The monoisotopic (exact) mass is 247 g/mol. The van der Waals surface area contributed by atoms with E-state index in [0.717, 1.165) is 31.1 Å². The van der Waals surface area contributed by atoms with Crippen molar-refractivity contribution in [2.24, 2.45) is 11.7 Å². The molecular formula is C15H25N3. The van der Waals surface area contributed by atoms with Gasteiger partial charge >= 0.3 is 0 Å². The highest BCUT2D eigenvalue weighted by Crippen LogP contribution is 2.28. The van der Waals surface area contributed by atoms with Gasteiger partial charge in [-0.1, -0.05) is 19.4 Å². The van der Waals surface area contributed by atoms with Gasteiger partial charge in [0.25, 0.3) is 0 Å². The maximum Gasteiger partial charge on any atom is 0.131 e. The third-order valence-electron chi connectivity index (χ3n) is 3.99. The molecule has 0 aromatic carbocycles. The molecule has 0 bridgehead atoms. The fourth-order valence-electron chi connectivity index (χ4n) is 2.51. The third-order valence-corrected chi connectivity index (χ3v) is 3.99. The fourth-order valence-corrected chi connectivity index (χ4v) is 2.51. The average Bonchev–Trinajstić information content (AvgIpc) is 2.34. The van der Waals surface area contributed by atoms with Gasteiger partial charge < -0.3 is 10.6 Å². The predicted molar refractivity (Wildman–Crippen MR) is 76.8 cm³/mol. The Labute approximate surface area is 110 Å². The molecule has 0 aliphatic heterocycles. The van der Waals surface area contributed by atoms with Gasteiger partial charge in [-0.05, 0) is 43.2 Å². The van der Waals surface area contributed by atoms with Crippen molar-refractivity contribution in [2.45, 2.75) is 45.1 Å². The topological polar surface area (TPSA) is 42.1 Å². The van der Waals surface area contributed by atoms with Crippen molar-refractivity contribution in [1.29, 1.82) is 0 Å². The van der Waals surface area contributed by atoms with Gasteiger partial charge in [0.05, 0.1) is 0 Å². The Hall–Kier alpha value is -1.09. The van der Waals surface area contributed by atoms with E-state index < -0.39 is 0 Å². The summed E-state index contributed by atoms with van der Waals surface area (Å²) in [5, 5.41) is 0. The summed E-state index contributed by atoms with van der Waals surface area (Å²) >= 11 is 0. The molecule has 0 spiro atoms. The molecule has 2 N–H and O–H groups in total. The lowest BCUT2D eigenvalue weighted by Crippen LogP contribution is -2.31. The van der Waals surface area contributed by atoms with Crippen molar-refractivity contribution in [3.8, 4) is 0 Å². The number of hydrogen-bond acceptors (Lipinski definition) is 3. The van der Waals surface area contributed by atoms with Crippen molar-refractivity contribution < 1.29 is 0 Å². The largest absolute Gasteiger partial charge is 0.359 e. The van der Waals surface area contributed by atoms with Gasteiger partial charge in [-0.2, -0.15) is 0 Å². The summed E-state index contributed by atoms with van der Waals surface area (Å²) in [6, 6.07) is 4.41. The number of anilines is 1. The smallest absolute Gasteiger partial charge is 0.131 e. The van der Waals surface area contributed by atoms with Crippen LogP contribution >= 0.6 is 0 Å². The molecular weight excluding hydrogens is 222 g/mol. The van der Waals surface area contributed by atoms with E-state index in [1.54, 1.807) is 0 Å². The van der Waals surface area contributed by atoms with E-state index >= 15 is 0 Å². The maximum atomic E-state index is 6.07. The Balaban J connectivity index is 2.05. The van der Waals surface area contributed by atoms with E-state index in [0.29, 0.717) is 0 Å². The first kappa shape index (κ1) is 13.3. The molecule has 1 aromatic rings. The van der Waals surface area contributed by atoms with Crippen LogP contribution in [0.2, 0.25) is 0 Å². The summed E-state index contributed by atoms with van der Waals surface area (Å²) in [6.45, 7) is 3.27. The number of nitrogens with zero attached hydrogens (tertiary/aromatic N) is 2. The first-order valence-electron chi connectivity index (χ1n) is 7.11. The molecule has 1 aromatic heterocycles. The Kier molecular flexibility index (Phi) is 4.59. The van der Waals surface area contributed by atoms with Crippen molar-refractivity contribution in [3.63, 3.8) is 0 Å². The van der Waals surface area contributed by atoms with E-state index in [2.05, 4.69) is 29.9 Å². The zero-order valence-corrected chi connectivity index (χ0v) is 11.6. The van der Waals surface area contributed by atoms with Crippen LogP contribution in [0.15, 0.2) is 18.3 Å². The lowest BCUT2D eigenvalue weighted by molar-refractivity contribution is 0.321. The number of rotatable bonds is 6. The summed E-state index contributed by atoms with van der Waals surface area (Å²) in [6.07, 6.45) is 7.97. The molecule has 0 saturated heterocycles. The maximum absolute atomic E-state index is 6.07. The molecule has 1 atom stereocenters. The second kappa shape index (κ2) is 6.19. The highest BCUT2D eigenvalue weighted by Gasteiger charge is 2.20. The summed E-state index contributed by atoms with van der Waals surface area (Å²) in [4.78, 5) is 6.85. The van der Waals surface area contributed by atoms with Crippen molar-refractivity contribution in [1.82, 2.24) is 4.98 Å². The van der Waals surface area contributed by atoms with Crippen LogP contribution in [0.3, 0.4) is 0 Å². The molecule has 0 amide bonds. The van der Waals surface area contributed by atoms with Crippen LogP contribution < -0.4 is 10.6 Å². The molecule has 3 nitrogen and oxygen atoms in total. The van der Waals surface area contributed by atoms with Crippen LogP contribution in [0.4, 0.5) is 5.82 Å². The molecule has 100 valence electrons. The van der Waals surface area contributed by atoms with Crippen LogP contribution in [-0.4, -0.2) is 24.6 Å². The molecule has 1 fully saturated rings. The Morgan fingerprint density at radius 3 is 2.89 bits per heavy atom. The quantitative estimate of drug-likeness (QED) is 0.840. The van der Waals surface area contributed by atoms with Gasteiger partial charge in [0.2, 0.25) is 0 Å². The Morgan fingerprint density at radius 1 is 1.50 bits per heavy atom. The van der Waals surface area contributed by atoms with E-state index in [-0.39, 0.29) is 6.04 Å². The number of hydrogen-bond donors (Lipinski definition) is 1. The normalized spacial score (nSPS) is 17.3. The van der Waals surface area contributed by atoms with Gasteiger partial charge in [-0.3, -0.25) is 0 Å². The van der Waals surface area contributed by atoms with Gasteiger partial charge in [0.15, 0.2) is 0 Å². The molecule has 18 heavy (non-hydrogen) atoms. The zero-order valence-electron chi connectivity index (χ0n) is 11.6. The molecule has 1 aliphatic carbocycles. The minimum atomic E-state index is 0.241. The van der Waals surface area contributed by atoms with E-state index in [4.69, 9.17) is 5.73 Å². The second-order valence-corrected chi connectivity index (χ2v) is 5.54. The average molecular weight is 247 g/mol. The molecule has 1 heterocycles. The summed E-state index contributed by atoms with van der Waals surface area (Å²) in [7, 11) is 2.15. The highest BCUT2D eigenvalue weighted by atomic mass is 15.2. The van der Waals surface area contributed by atoms with Crippen molar-refractivity contribution >= 4 is 5.82 Å². The van der Waals surface area contributed by atoms with Crippen LogP contribution in [0, 0.1) is 5.92 Å². The van der Waals surface area contributed by atoms with E-state index in [1.165, 1.54) is 24.8 Å². The Morgan fingerprint density at radius 2 is 2.28 bits per heavy atom. The van der Waals surface area contributed by atoms with Gasteiger partial charge in [0.1, 0.15) is 5.82 Å². The molecule has 3 heteroatoms. The Bertz CT molecular complexity index is 374. The van der Waals surface area contributed by atoms with Gasteiger partial charge in [-0.25, -0.2) is 4.98 Å². The van der Waals surface area contributed by atoms with E-state index in [9.17, 15) is 0 Å². The SMILES string of the molecule is CCC(N)Cc1cccnc1N(C)CC1CCC1. The van der Waals surface area contributed by atoms with Crippen LogP contribution in [0.25, 0.3) is 0 Å². The minimum absolute atomic E-state index is 0.241. The summed E-state index contributed by atoms with van der Waals surface area (Å²) in [5.41, 5.74) is 7.35. The first-order valence-corrected chi connectivity index (χ1v) is 7.11. The minimum Gasteiger partial charge on any atom is -0.359 e. The predicted octanol–water partition coefficient (Wildman–Crippen LogP) is 2.60. The van der Waals surface area contributed by atoms with Crippen LogP contribution in [0.5, 0.6) is 0 Å². The third kappa shape index (κ3) is 3.22. The van der Waals surface area contributed by atoms with Crippen LogP contribution in [0.1, 0.15) is 38.2 Å². The van der Waals surface area contributed by atoms with Crippen molar-refractivity contribution in [2.75, 3.05) is 18.5 Å². The molecule has 1 saturated carbocycles. The lowest BCUT2D eigenvalue weighted by atomic mass is 9.85. The van der Waals surface area contributed by atoms with Crippen LogP contribution in [-0.2, 0) is 6.42 Å². The molecule has 1 unspecified atom stereocenters. The van der Waals surface area contributed by atoms with E-state index in [1.807, 2.05) is 12.3 Å². The highest BCUT2D eigenvalue weighted by molar-refractivity contribution is 5.46.